The van der Waals surface area contributed by atoms with E-state index in [1.54, 1.807) is 48.1 Å². The van der Waals surface area contributed by atoms with Gasteiger partial charge in [-0.2, -0.15) is 0 Å². The predicted molar refractivity (Wildman–Crippen MR) is 145 cm³/mol. The van der Waals surface area contributed by atoms with Crippen LogP contribution in [-0.4, -0.2) is 47.8 Å². The van der Waals surface area contributed by atoms with E-state index >= 15 is 0 Å². The zero-order valence-corrected chi connectivity index (χ0v) is 23.4. The number of aryl methyl sites for hydroxylation is 1. The van der Waals surface area contributed by atoms with Gasteiger partial charge in [-0.15, -0.1) is 5.10 Å². The number of rotatable bonds is 8. The predicted octanol–water partition coefficient (Wildman–Crippen LogP) is 4.50. The highest BCUT2D eigenvalue weighted by Crippen LogP contribution is 2.45. The van der Waals surface area contributed by atoms with Crippen LogP contribution in [0.2, 0.25) is 0 Å². The highest BCUT2D eigenvalue weighted by molar-refractivity contribution is 7.90. The molecule has 2 fully saturated rings. The lowest BCUT2D eigenvalue weighted by atomic mass is 9.97. The number of hydrogen-bond donors (Lipinski definition) is 1. The van der Waals surface area contributed by atoms with Crippen LogP contribution in [-0.2, 0) is 10.0 Å². The summed E-state index contributed by atoms with van der Waals surface area (Å²) >= 11 is 0. The molecule has 0 unspecified atom stereocenters. The number of pyridine rings is 1. The molecule has 1 N–H and O–H groups in total. The van der Waals surface area contributed by atoms with Gasteiger partial charge >= 0.3 is 0 Å². The van der Waals surface area contributed by atoms with Crippen molar-refractivity contribution in [2.24, 2.45) is 11.3 Å². The van der Waals surface area contributed by atoms with Gasteiger partial charge in [0.1, 0.15) is 5.82 Å². The summed E-state index contributed by atoms with van der Waals surface area (Å²) in [6.45, 7) is 11.7. The summed E-state index contributed by atoms with van der Waals surface area (Å²) in [7, 11) is -4.06. The second-order valence-corrected chi connectivity index (χ2v) is 13.4. The van der Waals surface area contributed by atoms with Crippen LogP contribution in [0.15, 0.2) is 53.6 Å². The minimum atomic E-state index is -4.06. The average molecular weight is 538 g/mol. The molecule has 1 saturated carbocycles. The van der Waals surface area contributed by atoms with Gasteiger partial charge in [-0.3, -0.25) is 4.79 Å². The molecule has 1 aromatic carbocycles. The van der Waals surface area contributed by atoms with Gasteiger partial charge in [-0.1, -0.05) is 26.0 Å². The number of hydrogen-bond acceptors (Lipinski definition) is 7. The molecule has 1 aliphatic heterocycles. The first kappa shape index (κ1) is 26.2. The van der Waals surface area contributed by atoms with Gasteiger partial charge in [-0.05, 0) is 75.8 Å². The largest absolute Gasteiger partial charge is 0.476 e. The first-order chi connectivity index (χ1) is 17.9. The number of sulfonamides is 1. The Hall–Kier alpha value is -3.40. The molecule has 1 saturated heterocycles. The number of nitrogens with zero attached hydrogens (tertiary/aromatic N) is 4. The first-order valence-corrected chi connectivity index (χ1v) is 14.4. The van der Waals surface area contributed by atoms with Gasteiger partial charge in [0.15, 0.2) is 5.82 Å². The topological polar surface area (TPSA) is 106 Å². The van der Waals surface area contributed by atoms with Gasteiger partial charge in [0.05, 0.1) is 17.1 Å². The first-order valence-electron chi connectivity index (χ1n) is 13.0. The molecule has 1 amide bonds. The summed E-state index contributed by atoms with van der Waals surface area (Å²) in [6.07, 6.45) is 5.01. The molecule has 2 aliphatic rings. The minimum Gasteiger partial charge on any atom is -0.476 e. The van der Waals surface area contributed by atoms with Gasteiger partial charge in [-0.25, -0.2) is 22.8 Å². The van der Waals surface area contributed by atoms with E-state index < -0.39 is 15.9 Å². The molecule has 0 spiro atoms. The lowest BCUT2D eigenvalue weighted by Crippen LogP contribution is -2.41. The van der Waals surface area contributed by atoms with Crippen LogP contribution in [0.4, 0.5) is 5.82 Å². The van der Waals surface area contributed by atoms with Gasteiger partial charge < -0.3 is 9.64 Å². The van der Waals surface area contributed by atoms with Crippen molar-refractivity contribution in [3.8, 4) is 11.7 Å². The molecule has 38 heavy (non-hydrogen) atoms. The quantitative estimate of drug-likeness (QED) is 0.451. The molecule has 10 heteroatoms. The Morgan fingerprint density at radius 2 is 1.92 bits per heavy atom. The normalized spacial score (nSPS) is 19.8. The fraction of sp³-hybridized carbons (Fsp3) is 0.464. The Kier molecular flexibility index (Phi) is 6.49. The van der Waals surface area contributed by atoms with Crippen LogP contribution < -0.4 is 14.4 Å². The zero-order chi connectivity index (χ0) is 27.3. The molecule has 9 nitrogen and oxygen atoms in total. The van der Waals surface area contributed by atoms with E-state index in [-0.39, 0.29) is 21.4 Å². The molecule has 0 radical (unpaired) electrons. The van der Waals surface area contributed by atoms with Gasteiger partial charge in [0.2, 0.25) is 5.88 Å². The third-order valence-corrected chi connectivity index (χ3v) is 8.76. The SMILES string of the molecule is Cc1cccc(S(=O)(=O)NC(=O)c2ccc(-n3ccc(OCC4(C)CC4)n3)nc2N2C[C@@H](C)CC2(C)C)c1. The molecule has 1 aliphatic carbocycles. The highest BCUT2D eigenvalue weighted by Gasteiger charge is 2.40. The summed E-state index contributed by atoms with van der Waals surface area (Å²) < 4.78 is 35.8. The summed E-state index contributed by atoms with van der Waals surface area (Å²) in [5.74, 6) is 1.12. The van der Waals surface area contributed by atoms with E-state index in [4.69, 9.17) is 9.72 Å². The summed E-state index contributed by atoms with van der Waals surface area (Å²) in [4.78, 5) is 20.4. The number of anilines is 1. The number of ether oxygens (including phenoxy) is 1. The van der Waals surface area contributed by atoms with Crippen molar-refractivity contribution in [1.82, 2.24) is 19.5 Å². The second-order valence-electron chi connectivity index (χ2n) is 11.7. The van der Waals surface area contributed by atoms with Crippen LogP contribution in [0, 0.1) is 18.3 Å². The van der Waals surface area contributed by atoms with E-state index in [1.807, 2.05) is 0 Å². The number of amides is 1. The molecule has 1 atom stereocenters. The van der Waals surface area contributed by atoms with E-state index in [0.29, 0.717) is 36.6 Å². The maximum absolute atomic E-state index is 13.4. The molecule has 0 bridgehead atoms. The van der Waals surface area contributed by atoms with Crippen molar-refractivity contribution in [3.05, 3.63) is 59.8 Å². The monoisotopic (exact) mass is 537 g/mol. The molecular weight excluding hydrogens is 502 g/mol. The fourth-order valence-electron chi connectivity index (χ4n) is 5.04. The summed E-state index contributed by atoms with van der Waals surface area (Å²) in [5.41, 5.74) is 0.945. The third kappa shape index (κ3) is 5.41. The molecule has 3 heterocycles. The van der Waals surface area contributed by atoms with Crippen molar-refractivity contribution < 1.29 is 17.9 Å². The van der Waals surface area contributed by atoms with Crippen molar-refractivity contribution in [2.75, 3.05) is 18.1 Å². The Labute approximate surface area is 224 Å². The number of carbonyl (C=O) groups excluding carboxylic acids is 1. The molecular formula is C28H35N5O4S. The highest BCUT2D eigenvalue weighted by atomic mass is 32.2. The number of benzene rings is 1. The second kappa shape index (κ2) is 9.41. The van der Waals surface area contributed by atoms with Crippen LogP contribution in [0.25, 0.3) is 5.82 Å². The van der Waals surface area contributed by atoms with E-state index in [9.17, 15) is 13.2 Å². The van der Waals surface area contributed by atoms with Crippen LogP contribution in [0.5, 0.6) is 5.88 Å². The number of carbonyl (C=O) groups is 1. The number of aromatic nitrogens is 3. The van der Waals surface area contributed by atoms with Crippen LogP contribution in [0.1, 0.15) is 62.9 Å². The van der Waals surface area contributed by atoms with E-state index in [1.165, 1.54) is 12.1 Å². The Balaban J connectivity index is 1.47. The lowest BCUT2D eigenvalue weighted by Gasteiger charge is -2.34. The lowest BCUT2D eigenvalue weighted by molar-refractivity contribution is 0.0981. The molecule has 5 rings (SSSR count). The van der Waals surface area contributed by atoms with Gasteiger partial charge in [0, 0.05) is 29.8 Å². The molecule has 3 aromatic rings. The summed E-state index contributed by atoms with van der Waals surface area (Å²) in [6, 6.07) is 11.5. The zero-order valence-electron chi connectivity index (χ0n) is 22.6. The molecule has 202 valence electrons. The van der Waals surface area contributed by atoms with Crippen LogP contribution in [0.3, 0.4) is 0 Å². The van der Waals surface area contributed by atoms with E-state index in [0.717, 1.165) is 24.8 Å². The maximum Gasteiger partial charge on any atom is 0.268 e. The minimum absolute atomic E-state index is 0.0382. The Morgan fingerprint density at radius 1 is 1.16 bits per heavy atom. The van der Waals surface area contributed by atoms with Crippen molar-refractivity contribution in [3.63, 3.8) is 0 Å². The van der Waals surface area contributed by atoms with Crippen molar-refractivity contribution in [2.45, 2.75) is 64.3 Å². The molecule has 2 aromatic heterocycles. The Bertz CT molecular complexity index is 1480. The van der Waals surface area contributed by atoms with Gasteiger partial charge in [0.25, 0.3) is 15.9 Å². The third-order valence-electron chi connectivity index (χ3n) is 7.43. The van der Waals surface area contributed by atoms with E-state index in [2.05, 4.69) is 42.4 Å². The average Bonchev–Trinajstić information content (AvgIpc) is 3.27. The fourth-order valence-corrected chi connectivity index (χ4v) is 6.12. The number of nitrogens with one attached hydrogen (secondary N) is 1. The van der Waals surface area contributed by atoms with Crippen LogP contribution >= 0.6 is 0 Å². The van der Waals surface area contributed by atoms with Crippen molar-refractivity contribution >= 4 is 21.7 Å². The standard InChI is InChI=1S/C28H35N5O4S/c1-19-7-6-8-21(15-19)38(35,36)31-26(34)22-9-10-23(29-25(22)32-17-20(2)16-27(32,3)4)33-14-11-24(30-33)37-18-28(5)12-13-28/h6-11,14-15,20H,12-13,16-18H2,1-5H3,(H,31,34)/t20-/m0/s1. The maximum atomic E-state index is 13.4. The summed E-state index contributed by atoms with van der Waals surface area (Å²) in [5, 5.41) is 4.53. The van der Waals surface area contributed by atoms with Crippen molar-refractivity contribution in [1.29, 1.82) is 0 Å². The smallest absolute Gasteiger partial charge is 0.268 e. The Morgan fingerprint density at radius 3 is 2.58 bits per heavy atom.